The molecule has 1 atom stereocenters. The molecule has 0 N–H and O–H groups in total. The van der Waals surface area contributed by atoms with E-state index in [0.717, 1.165) is 5.69 Å². The summed E-state index contributed by atoms with van der Waals surface area (Å²) in [6.07, 6.45) is 8.52. The Hall–Kier alpha value is -1.11. The molecule has 0 fully saturated rings. The summed E-state index contributed by atoms with van der Waals surface area (Å²) in [5.74, 6) is 0.658. The minimum atomic E-state index is 0.658. The molecule has 16 heavy (non-hydrogen) atoms. The fourth-order valence-corrected chi connectivity index (χ4v) is 1.84. The highest BCUT2D eigenvalue weighted by Crippen LogP contribution is 2.15. The summed E-state index contributed by atoms with van der Waals surface area (Å²) in [5, 5.41) is 0. The molecule has 0 bridgehead atoms. The maximum Gasteiger partial charge on any atom is 0.0625 e. The lowest BCUT2D eigenvalue weighted by Crippen LogP contribution is -2.01. The molecule has 1 aromatic rings. The largest absolute Gasteiger partial charge is 0.261 e. The van der Waals surface area contributed by atoms with Gasteiger partial charge in [0, 0.05) is 6.21 Å². The Bertz CT molecular complexity index is 290. The van der Waals surface area contributed by atoms with Gasteiger partial charge >= 0.3 is 0 Å². The molecule has 0 saturated heterocycles. The average Bonchev–Trinajstić information content (AvgIpc) is 2.34. The quantitative estimate of drug-likeness (QED) is 0.570. The molecule has 0 heterocycles. The van der Waals surface area contributed by atoms with Gasteiger partial charge in [0.1, 0.15) is 0 Å². The lowest BCUT2D eigenvalue weighted by atomic mass is 9.98. The molecular weight excluding hydrogens is 194 g/mol. The highest BCUT2D eigenvalue weighted by Gasteiger charge is 2.03. The SMILES string of the molecule is CCCCC(C=Nc1ccccc1)CCC. The van der Waals surface area contributed by atoms with E-state index in [9.17, 15) is 0 Å². The molecule has 88 valence electrons. The number of aliphatic imine (C=N–C) groups is 1. The molecule has 0 aliphatic heterocycles. The van der Waals surface area contributed by atoms with E-state index in [0.29, 0.717) is 5.92 Å². The van der Waals surface area contributed by atoms with Gasteiger partial charge in [-0.15, -0.1) is 0 Å². The first-order valence-electron chi connectivity index (χ1n) is 6.46. The van der Waals surface area contributed by atoms with Crippen LogP contribution in [0, 0.1) is 5.92 Å². The second-order valence-electron chi connectivity index (χ2n) is 4.30. The number of rotatable bonds is 7. The van der Waals surface area contributed by atoms with Crippen molar-refractivity contribution in [2.24, 2.45) is 10.9 Å². The minimum absolute atomic E-state index is 0.658. The van der Waals surface area contributed by atoms with Crippen LogP contribution in [0.5, 0.6) is 0 Å². The fourth-order valence-electron chi connectivity index (χ4n) is 1.84. The molecule has 0 aliphatic rings. The van der Waals surface area contributed by atoms with Crippen molar-refractivity contribution in [1.29, 1.82) is 0 Å². The first-order valence-corrected chi connectivity index (χ1v) is 6.46. The molecule has 0 spiro atoms. The molecule has 0 saturated carbocycles. The van der Waals surface area contributed by atoms with Crippen LogP contribution in [0.25, 0.3) is 0 Å². The number of unbranched alkanes of at least 4 members (excludes halogenated alkanes) is 1. The zero-order valence-electron chi connectivity index (χ0n) is 10.5. The van der Waals surface area contributed by atoms with Crippen molar-refractivity contribution in [3.8, 4) is 0 Å². The maximum absolute atomic E-state index is 4.55. The van der Waals surface area contributed by atoms with E-state index in [1.165, 1.54) is 32.1 Å². The Kier molecular flexibility index (Phi) is 6.55. The summed E-state index contributed by atoms with van der Waals surface area (Å²) in [4.78, 5) is 4.55. The van der Waals surface area contributed by atoms with Crippen molar-refractivity contribution in [2.75, 3.05) is 0 Å². The van der Waals surface area contributed by atoms with E-state index in [2.05, 4.69) is 37.2 Å². The van der Waals surface area contributed by atoms with Gasteiger partial charge in [0.15, 0.2) is 0 Å². The Morgan fingerprint density at radius 3 is 2.44 bits per heavy atom. The lowest BCUT2D eigenvalue weighted by Gasteiger charge is -2.09. The van der Waals surface area contributed by atoms with Crippen molar-refractivity contribution in [1.82, 2.24) is 0 Å². The van der Waals surface area contributed by atoms with Crippen molar-refractivity contribution >= 4 is 11.9 Å². The predicted octanol–water partition coefficient (Wildman–Crippen LogP) is 5.00. The van der Waals surface area contributed by atoms with Gasteiger partial charge in [-0.1, -0.05) is 51.3 Å². The van der Waals surface area contributed by atoms with Crippen LogP contribution in [0.3, 0.4) is 0 Å². The molecule has 1 heteroatoms. The molecule has 0 amide bonds. The summed E-state index contributed by atoms with van der Waals surface area (Å²) < 4.78 is 0. The number of nitrogens with zero attached hydrogens (tertiary/aromatic N) is 1. The minimum Gasteiger partial charge on any atom is -0.261 e. The van der Waals surface area contributed by atoms with Crippen molar-refractivity contribution < 1.29 is 0 Å². The second-order valence-corrected chi connectivity index (χ2v) is 4.30. The van der Waals surface area contributed by atoms with Crippen LogP contribution in [0.2, 0.25) is 0 Å². The summed E-state index contributed by atoms with van der Waals surface area (Å²) in [6, 6.07) is 10.2. The van der Waals surface area contributed by atoms with E-state index in [-0.39, 0.29) is 0 Å². The first kappa shape index (κ1) is 13.0. The van der Waals surface area contributed by atoms with Crippen LogP contribution in [-0.4, -0.2) is 6.21 Å². The van der Waals surface area contributed by atoms with E-state index < -0.39 is 0 Å². The van der Waals surface area contributed by atoms with Gasteiger partial charge in [0.25, 0.3) is 0 Å². The van der Waals surface area contributed by atoms with Crippen LogP contribution < -0.4 is 0 Å². The Morgan fingerprint density at radius 2 is 1.81 bits per heavy atom. The van der Waals surface area contributed by atoms with Crippen molar-refractivity contribution in [2.45, 2.75) is 46.0 Å². The standard InChI is InChI=1S/C15H23N/c1-3-5-10-14(9-4-2)13-16-15-11-7-6-8-12-15/h6-8,11-14H,3-5,9-10H2,1-2H3. The Labute approximate surface area is 99.6 Å². The van der Waals surface area contributed by atoms with Gasteiger partial charge in [-0.25, -0.2) is 0 Å². The Balaban J connectivity index is 2.50. The fraction of sp³-hybridized carbons (Fsp3) is 0.533. The zero-order valence-corrected chi connectivity index (χ0v) is 10.5. The average molecular weight is 217 g/mol. The van der Waals surface area contributed by atoms with Crippen LogP contribution in [0.1, 0.15) is 46.0 Å². The summed E-state index contributed by atoms with van der Waals surface area (Å²) in [7, 11) is 0. The Morgan fingerprint density at radius 1 is 1.06 bits per heavy atom. The molecular formula is C15H23N. The van der Waals surface area contributed by atoms with E-state index >= 15 is 0 Å². The second kappa shape index (κ2) is 8.09. The molecule has 1 unspecified atom stereocenters. The van der Waals surface area contributed by atoms with Crippen LogP contribution in [0.15, 0.2) is 35.3 Å². The molecule has 1 aromatic carbocycles. The normalized spacial score (nSPS) is 13.1. The number of para-hydroxylation sites is 1. The van der Waals surface area contributed by atoms with Gasteiger partial charge in [-0.05, 0) is 30.9 Å². The molecule has 0 radical (unpaired) electrons. The van der Waals surface area contributed by atoms with Gasteiger partial charge in [-0.3, -0.25) is 4.99 Å². The van der Waals surface area contributed by atoms with Crippen LogP contribution in [0.4, 0.5) is 5.69 Å². The third-order valence-corrected chi connectivity index (χ3v) is 2.78. The summed E-state index contributed by atoms with van der Waals surface area (Å²) in [5.41, 5.74) is 1.07. The molecule has 1 nitrogen and oxygen atoms in total. The molecule has 0 aliphatic carbocycles. The van der Waals surface area contributed by atoms with E-state index in [1.807, 2.05) is 18.2 Å². The van der Waals surface area contributed by atoms with Gasteiger partial charge < -0.3 is 0 Å². The summed E-state index contributed by atoms with van der Waals surface area (Å²) in [6.45, 7) is 4.49. The van der Waals surface area contributed by atoms with E-state index in [1.54, 1.807) is 0 Å². The highest BCUT2D eigenvalue weighted by atomic mass is 14.7. The maximum atomic E-state index is 4.55. The molecule has 0 aromatic heterocycles. The monoisotopic (exact) mass is 217 g/mol. The van der Waals surface area contributed by atoms with Crippen LogP contribution >= 0.6 is 0 Å². The van der Waals surface area contributed by atoms with E-state index in [4.69, 9.17) is 0 Å². The van der Waals surface area contributed by atoms with Crippen molar-refractivity contribution in [3.05, 3.63) is 30.3 Å². The van der Waals surface area contributed by atoms with Gasteiger partial charge in [-0.2, -0.15) is 0 Å². The summed E-state index contributed by atoms with van der Waals surface area (Å²) >= 11 is 0. The molecule has 1 rings (SSSR count). The van der Waals surface area contributed by atoms with Crippen LogP contribution in [-0.2, 0) is 0 Å². The van der Waals surface area contributed by atoms with Gasteiger partial charge in [0.2, 0.25) is 0 Å². The lowest BCUT2D eigenvalue weighted by molar-refractivity contribution is 0.546. The number of hydrogen-bond acceptors (Lipinski definition) is 1. The van der Waals surface area contributed by atoms with Crippen molar-refractivity contribution in [3.63, 3.8) is 0 Å². The highest BCUT2D eigenvalue weighted by molar-refractivity contribution is 5.65. The number of benzene rings is 1. The predicted molar refractivity (Wildman–Crippen MR) is 72.5 cm³/mol. The topological polar surface area (TPSA) is 12.4 Å². The third-order valence-electron chi connectivity index (χ3n) is 2.78. The third kappa shape index (κ3) is 5.11. The number of hydrogen-bond donors (Lipinski definition) is 0. The smallest absolute Gasteiger partial charge is 0.0625 e. The zero-order chi connectivity index (χ0) is 11.6. The first-order chi connectivity index (χ1) is 7.86. The van der Waals surface area contributed by atoms with Gasteiger partial charge in [0.05, 0.1) is 5.69 Å².